The highest BCUT2D eigenvalue weighted by Gasteiger charge is 2.36. The van der Waals surface area contributed by atoms with Gasteiger partial charge in [-0.2, -0.15) is 0 Å². The average Bonchev–Trinajstić information content (AvgIpc) is 2.77. The summed E-state index contributed by atoms with van der Waals surface area (Å²) in [6, 6.07) is 7.59. The van der Waals surface area contributed by atoms with E-state index in [1.54, 1.807) is 0 Å². The zero-order chi connectivity index (χ0) is 11.8. The molecule has 1 N–H and O–H groups in total. The second-order valence-electron chi connectivity index (χ2n) is 4.58. The summed E-state index contributed by atoms with van der Waals surface area (Å²) in [6.07, 6.45) is 3.07. The third-order valence-electron chi connectivity index (χ3n) is 3.45. The van der Waals surface area contributed by atoms with Gasteiger partial charge >= 0.3 is 0 Å². The van der Waals surface area contributed by atoms with Gasteiger partial charge in [-0.25, -0.2) is 0 Å². The van der Waals surface area contributed by atoms with Gasteiger partial charge in [0.2, 0.25) is 5.91 Å². The number of nitrogens with one attached hydrogen (secondary N) is 1. The van der Waals surface area contributed by atoms with Crippen LogP contribution in [-0.2, 0) is 4.79 Å². The van der Waals surface area contributed by atoms with Crippen LogP contribution in [-0.4, -0.2) is 17.8 Å². The number of rotatable bonds is 1. The molecule has 2 atom stereocenters. The van der Waals surface area contributed by atoms with Crippen molar-refractivity contribution in [2.45, 2.75) is 25.3 Å². The fraction of sp³-hybridized carbons (Fsp3) is 0.385. The molecule has 0 saturated heterocycles. The number of halogens is 1. The van der Waals surface area contributed by atoms with Crippen molar-refractivity contribution in [1.29, 1.82) is 0 Å². The molecule has 88 valence electrons. The van der Waals surface area contributed by atoms with Crippen LogP contribution >= 0.6 is 11.6 Å². The van der Waals surface area contributed by atoms with Crippen LogP contribution in [0.5, 0.6) is 0 Å². The van der Waals surface area contributed by atoms with Gasteiger partial charge in [0.05, 0.1) is 12.0 Å². The molecule has 3 nitrogen and oxygen atoms in total. The number of amides is 1. The molecule has 1 saturated carbocycles. The van der Waals surface area contributed by atoms with Gasteiger partial charge in [-0.1, -0.05) is 30.2 Å². The maximum Gasteiger partial charge on any atom is 0.230 e. The van der Waals surface area contributed by atoms with Gasteiger partial charge in [0.1, 0.15) is 5.84 Å². The molecule has 0 spiro atoms. The lowest BCUT2D eigenvalue weighted by Gasteiger charge is -2.23. The van der Waals surface area contributed by atoms with Crippen LogP contribution in [0.2, 0.25) is 5.02 Å². The largest absolute Gasteiger partial charge is 0.310 e. The molecule has 1 fully saturated rings. The highest BCUT2D eigenvalue weighted by Crippen LogP contribution is 2.31. The standard InChI is InChI=1S/C13H13ClN2O/c14-9-4-1-3-8(7-9)12-15-11-6-2-5-10(11)13(17)16-12/h1,3-4,7,10-11H,2,5-6H2,(H,15,16,17)/t10?,11-/m1/s1. The molecular formula is C13H13ClN2O. The Morgan fingerprint density at radius 1 is 1.35 bits per heavy atom. The predicted octanol–water partition coefficient (Wildman–Crippen LogP) is 2.39. The highest BCUT2D eigenvalue weighted by atomic mass is 35.5. The minimum Gasteiger partial charge on any atom is -0.310 e. The van der Waals surface area contributed by atoms with Gasteiger partial charge in [-0.3, -0.25) is 9.79 Å². The monoisotopic (exact) mass is 248 g/mol. The van der Waals surface area contributed by atoms with E-state index in [9.17, 15) is 4.79 Å². The molecule has 1 heterocycles. The van der Waals surface area contributed by atoms with Gasteiger partial charge in [-0.05, 0) is 25.0 Å². The van der Waals surface area contributed by atoms with Crippen LogP contribution in [0.15, 0.2) is 29.3 Å². The fourth-order valence-electron chi connectivity index (χ4n) is 2.59. The summed E-state index contributed by atoms with van der Waals surface area (Å²) in [5.41, 5.74) is 0.885. The van der Waals surface area contributed by atoms with Crippen molar-refractivity contribution in [3.05, 3.63) is 34.9 Å². The van der Waals surface area contributed by atoms with Gasteiger partial charge in [-0.15, -0.1) is 0 Å². The van der Waals surface area contributed by atoms with Gasteiger partial charge < -0.3 is 5.32 Å². The van der Waals surface area contributed by atoms with Crippen molar-refractivity contribution >= 4 is 23.3 Å². The number of carbonyl (C=O) groups is 1. The van der Waals surface area contributed by atoms with Crippen molar-refractivity contribution in [2.24, 2.45) is 10.9 Å². The lowest BCUT2D eigenvalue weighted by molar-refractivity contribution is -0.124. The predicted molar refractivity (Wildman–Crippen MR) is 67.3 cm³/mol. The number of hydrogen-bond acceptors (Lipinski definition) is 2. The summed E-state index contributed by atoms with van der Waals surface area (Å²) in [7, 11) is 0. The van der Waals surface area contributed by atoms with Crippen LogP contribution in [0.25, 0.3) is 0 Å². The number of nitrogens with zero attached hydrogens (tertiary/aromatic N) is 1. The smallest absolute Gasteiger partial charge is 0.230 e. The normalized spacial score (nSPS) is 27.4. The number of benzene rings is 1. The molecule has 2 aliphatic rings. The number of hydrogen-bond donors (Lipinski definition) is 1. The maximum absolute atomic E-state index is 11.9. The van der Waals surface area contributed by atoms with Crippen molar-refractivity contribution in [1.82, 2.24) is 5.32 Å². The van der Waals surface area contributed by atoms with E-state index >= 15 is 0 Å². The summed E-state index contributed by atoms with van der Waals surface area (Å²) < 4.78 is 0. The third kappa shape index (κ3) is 1.95. The average molecular weight is 249 g/mol. The Morgan fingerprint density at radius 3 is 3.06 bits per heavy atom. The van der Waals surface area contributed by atoms with E-state index < -0.39 is 0 Å². The van der Waals surface area contributed by atoms with E-state index in [-0.39, 0.29) is 17.9 Å². The Bertz CT molecular complexity index is 498. The zero-order valence-electron chi connectivity index (χ0n) is 9.32. The molecule has 0 aromatic heterocycles. The lowest BCUT2D eigenvalue weighted by Crippen LogP contribution is -2.44. The Morgan fingerprint density at radius 2 is 2.24 bits per heavy atom. The Balaban J connectivity index is 1.96. The van der Waals surface area contributed by atoms with Crippen molar-refractivity contribution < 1.29 is 4.79 Å². The zero-order valence-corrected chi connectivity index (χ0v) is 10.1. The minimum absolute atomic E-state index is 0.0814. The van der Waals surface area contributed by atoms with E-state index in [4.69, 9.17) is 11.6 Å². The quantitative estimate of drug-likeness (QED) is 0.815. The Kier molecular flexibility index (Phi) is 2.63. The second-order valence-corrected chi connectivity index (χ2v) is 5.02. The van der Waals surface area contributed by atoms with Crippen LogP contribution < -0.4 is 5.32 Å². The summed E-state index contributed by atoms with van der Waals surface area (Å²) in [5.74, 6) is 0.857. The first kappa shape index (κ1) is 10.8. The molecule has 1 amide bonds. The molecule has 0 radical (unpaired) electrons. The Labute approximate surface area is 105 Å². The molecule has 1 aromatic carbocycles. The molecule has 1 aliphatic carbocycles. The van der Waals surface area contributed by atoms with Crippen molar-refractivity contribution in [2.75, 3.05) is 0 Å². The minimum atomic E-state index is 0.0814. The molecule has 4 heteroatoms. The third-order valence-corrected chi connectivity index (χ3v) is 3.69. The maximum atomic E-state index is 11.9. The molecule has 17 heavy (non-hydrogen) atoms. The topological polar surface area (TPSA) is 41.5 Å². The fourth-order valence-corrected chi connectivity index (χ4v) is 2.78. The van der Waals surface area contributed by atoms with E-state index in [0.717, 1.165) is 24.8 Å². The SMILES string of the molecule is O=C1NC(c2cccc(Cl)c2)=N[C@@H]2CCCC12. The van der Waals surface area contributed by atoms with Gasteiger partial charge in [0, 0.05) is 10.6 Å². The van der Waals surface area contributed by atoms with Crippen molar-refractivity contribution in [3.63, 3.8) is 0 Å². The molecule has 3 rings (SSSR count). The summed E-state index contributed by atoms with van der Waals surface area (Å²) in [6.45, 7) is 0. The van der Waals surface area contributed by atoms with Gasteiger partial charge in [0.25, 0.3) is 0 Å². The molecule has 1 unspecified atom stereocenters. The summed E-state index contributed by atoms with van der Waals surface area (Å²) >= 11 is 5.94. The van der Waals surface area contributed by atoms with Crippen LogP contribution in [0.1, 0.15) is 24.8 Å². The van der Waals surface area contributed by atoms with Crippen LogP contribution in [0.3, 0.4) is 0 Å². The van der Waals surface area contributed by atoms with E-state index in [1.165, 1.54) is 0 Å². The first-order valence-electron chi connectivity index (χ1n) is 5.88. The van der Waals surface area contributed by atoms with Crippen LogP contribution in [0, 0.1) is 5.92 Å². The van der Waals surface area contributed by atoms with E-state index in [2.05, 4.69) is 10.3 Å². The first-order valence-corrected chi connectivity index (χ1v) is 6.26. The van der Waals surface area contributed by atoms with Crippen LogP contribution in [0.4, 0.5) is 0 Å². The number of amidine groups is 1. The van der Waals surface area contributed by atoms with E-state index in [1.807, 2.05) is 24.3 Å². The number of fused-ring (bicyclic) bond motifs is 1. The first-order chi connectivity index (χ1) is 8.24. The lowest BCUT2D eigenvalue weighted by atomic mass is 10.0. The number of aliphatic imine (C=N–C) groups is 1. The molecule has 1 aromatic rings. The Hall–Kier alpha value is -1.35. The summed E-state index contributed by atoms with van der Waals surface area (Å²) in [5, 5.41) is 3.54. The number of carbonyl (C=O) groups excluding carboxylic acids is 1. The van der Waals surface area contributed by atoms with Gasteiger partial charge in [0.15, 0.2) is 0 Å². The highest BCUT2D eigenvalue weighted by molar-refractivity contribution is 6.31. The molecule has 1 aliphatic heterocycles. The summed E-state index contributed by atoms with van der Waals surface area (Å²) in [4.78, 5) is 16.6. The molecular weight excluding hydrogens is 236 g/mol. The molecule has 0 bridgehead atoms. The van der Waals surface area contributed by atoms with Crippen molar-refractivity contribution in [3.8, 4) is 0 Å². The second kappa shape index (κ2) is 4.15. The van der Waals surface area contributed by atoms with E-state index in [0.29, 0.717) is 10.9 Å².